The van der Waals surface area contributed by atoms with E-state index in [4.69, 9.17) is 9.47 Å². The second-order valence-electron chi connectivity index (χ2n) is 3.95. The van der Waals surface area contributed by atoms with Crippen LogP contribution in [0, 0.1) is 0 Å². The molecule has 0 aromatic heterocycles. The molecule has 1 aromatic carbocycles. The van der Waals surface area contributed by atoms with Crippen molar-refractivity contribution in [2.24, 2.45) is 0 Å². The molecule has 3 N–H and O–H groups in total. The standard InChI is InChI=1S/C13H20N2O4/c1-18-6-5-15-13(17)9-14-8-10-3-4-11(16)12(7-10)19-2/h3-4,7,14,16H,5-6,8-9H2,1-2H3,(H,15,17). The fourth-order valence-electron chi connectivity index (χ4n) is 1.51. The molecule has 0 aliphatic carbocycles. The molecule has 0 heterocycles. The number of rotatable bonds is 8. The zero-order valence-electron chi connectivity index (χ0n) is 11.2. The number of phenols is 1. The number of aromatic hydroxyl groups is 1. The predicted molar refractivity (Wildman–Crippen MR) is 71.3 cm³/mol. The van der Waals surface area contributed by atoms with Gasteiger partial charge in [0.05, 0.1) is 20.3 Å². The Labute approximate surface area is 112 Å². The Morgan fingerprint density at radius 3 is 2.84 bits per heavy atom. The van der Waals surface area contributed by atoms with Crippen molar-refractivity contribution in [2.45, 2.75) is 6.54 Å². The molecule has 1 aromatic rings. The first-order valence-corrected chi connectivity index (χ1v) is 5.99. The van der Waals surface area contributed by atoms with Crippen LogP contribution in [0.4, 0.5) is 0 Å². The summed E-state index contributed by atoms with van der Waals surface area (Å²) in [5.74, 6) is 0.440. The van der Waals surface area contributed by atoms with Crippen LogP contribution >= 0.6 is 0 Å². The van der Waals surface area contributed by atoms with Gasteiger partial charge in [0, 0.05) is 20.2 Å². The minimum absolute atomic E-state index is 0.0807. The van der Waals surface area contributed by atoms with Gasteiger partial charge in [-0.05, 0) is 17.7 Å². The van der Waals surface area contributed by atoms with Crippen LogP contribution in [0.15, 0.2) is 18.2 Å². The quantitative estimate of drug-likeness (QED) is 0.589. The Hall–Kier alpha value is -1.79. The third-order valence-electron chi connectivity index (χ3n) is 2.49. The van der Waals surface area contributed by atoms with Gasteiger partial charge in [-0.3, -0.25) is 4.79 Å². The lowest BCUT2D eigenvalue weighted by atomic mass is 10.2. The number of amides is 1. The number of methoxy groups -OCH3 is 2. The Bertz CT molecular complexity index is 410. The number of phenolic OH excluding ortho intramolecular Hbond substituents is 1. The fraction of sp³-hybridized carbons (Fsp3) is 0.462. The number of hydrogen-bond donors (Lipinski definition) is 3. The molecule has 106 valence electrons. The van der Waals surface area contributed by atoms with Gasteiger partial charge in [-0.1, -0.05) is 6.07 Å². The van der Waals surface area contributed by atoms with Crippen LogP contribution in [0.1, 0.15) is 5.56 Å². The summed E-state index contributed by atoms with van der Waals surface area (Å²) in [6, 6.07) is 5.06. The van der Waals surface area contributed by atoms with Crippen molar-refractivity contribution in [3.63, 3.8) is 0 Å². The van der Waals surface area contributed by atoms with Gasteiger partial charge < -0.3 is 25.2 Å². The topological polar surface area (TPSA) is 79.8 Å². The van der Waals surface area contributed by atoms with Gasteiger partial charge in [-0.25, -0.2) is 0 Å². The summed E-state index contributed by atoms with van der Waals surface area (Å²) >= 11 is 0. The molecule has 6 nitrogen and oxygen atoms in total. The second-order valence-corrected chi connectivity index (χ2v) is 3.95. The Balaban J connectivity index is 2.31. The average molecular weight is 268 g/mol. The summed E-state index contributed by atoms with van der Waals surface area (Å²) < 4.78 is 9.84. The summed E-state index contributed by atoms with van der Waals surface area (Å²) in [7, 11) is 3.08. The first-order chi connectivity index (χ1) is 9.17. The summed E-state index contributed by atoms with van der Waals surface area (Å²) in [6.45, 7) is 1.76. The van der Waals surface area contributed by atoms with Gasteiger partial charge in [0.1, 0.15) is 0 Å². The number of hydrogen-bond acceptors (Lipinski definition) is 5. The number of carbonyl (C=O) groups is 1. The highest BCUT2D eigenvalue weighted by molar-refractivity contribution is 5.77. The van der Waals surface area contributed by atoms with Crippen molar-refractivity contribution in [2.75, 3.05) is 33.9 Å². The molecule has 0 saturated carbocycles. The highest BCUT2D eigenvalue weighted by atomic mass is 16.5. The molecule has 0 aliphatic rings. The molecule has 0 bridgehead atoms. The molecule has 0 atom stereocenters. The van der Waals surface area contributed by atoms with Crippen LogP contribution in [0.5, 0.6) is 11.5 Å². The SMILES string of the molecule is COCCNC(=O)CNCc1ccc(O)c(OC)c1. The molecule has 0 aliphatic heterocycles. The van der Waals surface area contributed by atoms with Crippen LogP contribution < -0.4 is 15.4 Å². The smallest absolute Gasteiger partial charge is 0.234 e. The number of ether oxygens (including phenoxy) is 2. The molecule has 19 heavy (non-hydrogen) atoms. The zero-order valence-corrected chi connectivity index (χ0v) is 11.2. The van der Waals surface area contributed by atoms with E-state index in [0.717, 1.165) is 5.56 Å². The van der Waals surface area contributed by atoms with Crippen LogP contribution in [0.2, 0.25) is 0 Å². The van der Waals surface area contributed by atoms with Gasteiger partial charge in [-0.15, -0.1) is 0 Å². The monoisotopic (exact) mass is 268 g/mol. The molecular formula is C13H20N2O4. The van der Waals surface area contributed by atoms with Crippen LogP contribution in [-0.2, 0) is 16.1 Å². The van der Waals surface area contributed by atoms with E-state index < -0.39 is 0 Å². The van der Waals surface area contributed by atoms with Gasteiger partial charge in [0.2, 0.25) is 5.91 Å². The molecule has 1 rings (SSSR count). The minimum atomic E-state index is -0.0807. The normalized spacial score (nSPS) is 10.2. The highest BCUT2D eigenvalue weighted by Crippen LogP contribution is 2.25. The summed E-state index contributed by atoms with van der Waals surface area (Å²) in [4.78, 5) is 11.4. The van der Waals surface area contributed by atoms with E-state index in [-0.39, 0.29) is 18.2 Å². The maximum Gasteiger partial charge on any atom is 0.234 e. The maximum absolute atomic E-state index is 11.4. The van der Waals surface area contributed by atoms with Gasteiger partial charge in [0.25, 0.3) is 0 Å². The van der Waals surface area contributed by atoms with E-state index in [1.54, 1.807) is 25.3 Å². The summed E-state index contributed by atoms with van der Waals surface area (Å²) in [5.41, 5.74) is 0.930. The van der Waals surface area contributed by atoms with Crippen molar-refractivity contribution in [1.29, 1.82) is 0 Å². The lowest BCUT2D eigenvalue weighted by Gasteiger charge is -2.08. The van der Waals surface area contributed by atoms with Crippen molar-refractivity contribution in [3.8, 4) is 11.5 Å². The van der Waals surface area contributed by atoms with E-state index in [2.05, 4.69) is 10.6 Å². The molecule has 0 fully saturated rings. The van der Waals surface area contributed by atoms with Crippen LogP contribution in [0.25, 0.3) is 0 Å². The van der Waals surface area contributed by atoms with Crippen molar-refractivity contribution in [1.82, 2.24) is 10.6 Å². The molecular weight excluding hydrogens is 248 g/mol. The Morgan fingerprint density at radius 2 is 2.16 bits per heavy atom. The Kier molecular flexibility index (Phi) is 6.70. The molecule has 6 heteroatoms. The first kappa shape index (κ1) is 15.3. The van der Waals surface area contributed by atoms with Crippen molar-refractivity contribution < 1.29 is 19.4 Å². The first-order valence-electron chi connectivity index (χ1n) is 5.99. The maximum atomic E-state index is 11.4. The molecule has 0 saturated heterocycles. The zero-order chi connectivity index (χ0) is 14.1. The van der Waals surface area contributed by atoms with Crippen molar-refractivity contribution in [3.05, 3.63) is 23.8 Å². The van der Waals surface area contributed by atoms with Crippen molar-refractivity contribution >= 4 is 5.91 Å². The summed E-state index contributed by atoms with van der Waals surface area (Å²) in [5, 5.41) is 15.2. The average Bonchev–Trinajstić information content (AvgIpc) is 2.41. The minimum Gasteiger partial charge on any atom is -0.504 e. The third kappa shape index (κ3) is 5.58. The molecule has 0 unspecified atom stereocenters. The lowest BCUT2D eigenvalue weighted by molar-refractivity contribution is -0.120. The Morgan fingerprint density at radius 1 is 1.37 bits per heavy atom. The van der Waals surface area contributed by atoms with E-state index in [0.29, 0.717) is 25.4 Å². The second kappa shape index (κ2) is 8.34. The molecule has 0 spiro atoms. The molecule has 1 amide bonds. The summed E-state index contributed by atoms with van der Waals surface area (Å²) in [6.07, 6.45) is 0. The van der Waals surface area contributed by atoms with Crippen LogP contribution in [0.3, 0.4) is 0 Å². The number of carbonyl (C=O) groups excluding carboxylic acids is 1. The van der Waals surface area contributed by atoms with Gasteiger partial charge in [-0.2, -0.15) is 0 Å². The third-order valence-corrected chi connectivity index (χ3v) is 2.49. The van der Waals surface area contributed by atoms with Gasteiger partial charge >= 0.3 is 0 Å². The van der Waals surface area contributed by atoms with E-state index >= 15 is 0 Å². The number of nitrogens with one attached hydrogen (secondary N) is 2. The van der Waals surface area contributed by atoms with E-state index in [9.17, 15) is 9.90 Å². The largest absolute Gasteiger partial charge is 0.504 e. The lowest BCUT2D eigenvalue weighted by Crippen LogP contribution is -2.35. The fourth-order valence-corrected chi connectivity index (χ4v) is 1.51. The number of benzene rings is 1. The van der Waals surface area contributed by atoms with Gasteiger partial charge in [0.15, 0.2) is 11.5 Å². The van der Waals surface area contributed by atoms with Crippen LogP contribution in [-0.4, -0.2) is 44.9 Å². The highest BCUT2D eigenvalue weighted by Gasteiger charge is 2.03. The predicted octanol–water partition coefficient (Wildman–Crippen LogP) is 0.253. The van der Waals surface area contributed by atoms with E-state index in [1.807, 2.05) is 0 Å². The molecule has 0 radical (unpaired) electrons. The van der Waals surface area contributed by atoms with E-state index in [1.165, 1.54) is 7.11 Å².